The maximum Gasteiger partial charge on any atom is 0.257 e. The van der Waals surface area contributed by atoms with Gasteiger partial charge in [-0.05, 0) is 43.0 Å². The fourth-order valence-corrected chi connectivity index (χ4v) is 4.25. The number of aromatic amines is 1. The summed E-state index contributed by atoms with van der Waals surface area (Å²) in [7, 11) is 0. The Kier molecular flexibility index (Phi) is 4.73. The number of pyridine rings is 1. The van der Waals surface area contributed by atoms with Crippen molar-refractivity contribution in [2.45, 2.75) is 25.8 Å². The summed E-state index contributed by atoms with van der Waals surface area (Å²) in [6.07, 6.45) is 3.83. The second-order valence-corrected chi connectivity index (χ2v) is 7.77. The van der Waals surface area contributed by atoms with E-state index in [2.05, 4.69) is 39.1 Å². The van der Waals surface area contributed by atoms with Crippen molar-refractivity contribution in [3.8, 4) is 11.1 Å². The van der Waals surface area contributed by atoms with Crippen LogP contribution >= 0.6 is 15.9 Å². The number of likely N-dealkylation sites (tertiary alicyclic amines) is 1. The molecule has 1 aliphatic rings. The lowest BCUT2D eigenvalue weighted by molar-refractivity contribution is -0.918. The Hall–Kier alpha value is -1.91. The summed E-state index contributed by atoms with van der Waals surface area (Å²) in [4.78, 5) is 17.5. The van der Waals surface area contributed by atoms with Gasteiger partial charge in [-0.3, -0.25) is 4.79 Å². The standard InChI is InChI=1S/C21H21BrN2O/c22-16-9-10-19-17(13-16)20(15-7-3-1-4-8-15)18(21(25)23-19)14-24-11-5-2-6-12-24/h1,3-4,7-10,13H,2,5-6,11-12,14H2,(H,23,25)/p+1. The van der Waals surface area contributed by atoms with Gasteiger partial charge in [0.2, 0.25) is 0 Å². The summed E-state index contributed by atoms with van der Waals surface area (Å²) >= 11 is 3.58. The van der Waals surface area contributed by atoms with E-state index < -0.39 is 0 Å². The maximum atomic E-state index is 12.9. The molecule has 1 aromatic heterocycles. The highest BCUT2D eigenvalue weighted by Crippen LogP contribution is 2.31. The Balaban J connectivity index is 1.93. The number of fused-ring (bicyclic) bond motifs is 1. The lowest BCUT2D eigenvalue weighted by Gasteiger charge is -2.24. The van der Waals surface area contributed by atoms with Gasteiger partial charge in [-0.1, -0.05) is 46.3 Å². The zero-order valence-corrected chi connectivity index (χ0v) is 15.7. The average molecular weight is 398 g/mol. The number of aromatic nitrogens is 1. The Morgan fingerprint density at radius 2 is 1.76 bits per heavy atom. The second-order valence-electron chi connectivity index (χ2n) is 6.85. The van der Waals surface area contributed by atoms with Crippen LogP contribution in [-0.2, 0) is 6.54 Å². The van der Waals surface area contributed by atoms with Gasteiger partial charge >= 0.3 is 0 Å². The van der Waals surface area contributed by atoms with Crippen LogP contribution in [0.2, 0.25) is 0 Å². The van der Waals surface area contributed by atoms with E-state index in [-0.39, 0.29) is 5.56 Å². The average Bonchev–Trinajstić information content (AvgIpc) is 2.64. The van der Waals surface area contributed by atoms with Gasteiger partial charge in [0.1, 0.15) is 6.54 Å². The predicted molar refractivity (Wildman–Crippen MR) is 106 cm³/mol. The van der Waals surface area contributed by atoms with Crippen molar-refractivity contribution in [1.82, 2.24) is 4.98 Å². The number of piperidine rings is 1. The quantitative estimate of drug-likeness (QED) is 0.696. The first-order chi connectivity index (χ1) is 12.2. The second kappa shape index (κ2) is 7.14. The van der Waals surface area contributed by atoms with Crippen LogP contribution < -0.4 is 10.5 Å². The van der Waals surface area contributed by atoms with E-state index in [0.717, 1.165) is 51.7 Å². The molecule has 0 unspecified atom stereocenters. The molecule has 0 bridgehead atoms. The van der Waals surface area contributed by atoms with Crippen LogP contribution in [0.15, 0.2) is 57.8 Å². The van der Waals surface area contributed by atoms with E-state index in [4.69, 9.17) is 0 Å². The fraction of sp³-hybridized carbons (Fsp3) is 0.286. The van der Waals surface area contributed by atoms with Crippen LogP contribution in [0.3, 0.4) is 0 Å². The number of quaternary nitrogens is 1. The number of halogens is 1. The number of rotatable bonds is 3. The molecule has 0 saturated carbocycles. The zero-order valence-electron chi connectivity index (χ0n) is 14.1. The van der Waals surface area contributed by atoms with Crippen LogP contribution in [0.5, 0.6) is 0 Å². The molecule has 2 heterocycles. The molecule has 0 amide bonds. The van der Waals surface area contributed by atoms with Crippen molar-refractivity contribution < 1.29 is 4.90 Å². The van der Waals surface area contributed by atoms with Gasteiger partial charge in [0.15, 0.2) is 0 Å². The van der Waals surface area contributed by atoms with E-state index in [0.29, 0.717) is 0 Å². The van der Waals surface area contributed by atoms with Gasteiger partial charge in [-0.25, -0.2) is 0 Å². The smallest absolute Gasteiger partial charge is 0.257 e. The number of benzene rings is 2. The molecule has 0 atom stereocenters. The van der Waals surface area contributed by atoms with Crippen LogP contribution in [0.4, 0.5) is 0 Å². The molecule has 1 saturated heterocycles. The summed E-state index contributed by atoms with van der Waals surface area (Å²) in [5, 5.41) is 1.10. The lowest BCUT2D eigenvalue weighted by Crippen LogP contribution is -3.11. The molecule has 3 aromatic rings. The molecular formula is C21H22BrN2O+. The van der Waals surface area contributed by atoms with E-state index in [1.807, 2.05) is 30.3 Å². The van der Waals surface area contributed by atoms with Crippen molar-refractivity contribution in [2.24, 2.45) is 0 Å². The van der Waals surface area contributed by atoms with Crippen molar-refractivity contribution in [3.63, 3.8) is 0 Å². The Morgan fingerprint density at radius 1 is 1.00 bits per heavy atom. The minimum atomic E-state index is 0.0479. The highest BCUT2D eigenvalue weighted by atomic mass is 79.9. The Labute approximate surface area is 155 Å². The predicted octanol–water partition coefficient (Wildman–Crippen LogP) is 3.53. The minimum absolute atomic E-state index is 0.0479. The van der Waals surface area contributed by atoms with Crippen LogP contribution in [0.25, 0.3) is 22.0 Å². The first kappa shape index (κ1) is 16.6. The maximum absolute atomic E-state index is 12.9. The summed E-state index contributed by atoms with van der Waals surface area (Å²) < 4.78 is 1.03. The minimum Gasteiger partial charge on any atom is -0.331 e. The molecule has 0 aliphatic carbocycles. The normalized spacial score (nSPS) is 15.6. The molecular weight excluding hydrogens is 376 g/mol. The molecule has 2 aromatic carbocycles. The summed E-state index contributed by atoms with van der Waals surface area (Å²) in [6.45, 7) is 3.11. The first-order valence-electron chi connectivity index (χ1n) is 8.96. The van der Waals surface area contributed by atoms with Crippen LogP contribution in [-0.4, -0.2) is 18.1 Å². The largest absolute Gasteiger partial charge is 0.331 e. The molecule has 4 heteroatoms. The Morgan fingerprint density at radius 3 is 2.52 bits per heavy atom. The third kappa shape index (κ3) is 3.42. The highest BCUT2D eigenvalue weighted by Gasteiger charge is 2.21. The van der Waals surface area contributed by atoms with Crippen molar-refractivity contribution >= 4 is 26.8 Å². The van der Waals surface area contributed by atoms with E-state index in [9.17, 15) is 4.79 Å². The zero-order chi connectivity index (χ0) is 17.2. The molecule has 2 N–H and O–H groups in total. The van der Waals surface area contributed by atoms with Crippen LogP contribution in [0, 0.1) is 0 Å². The Bertz CT molecular complexity index is 943. The van der Waals surface area contributed by atoms with Gasteiger partial charge in [-0.15, -0.1) is 0 Å². The van der Waals surface area contributed by atoms with Gasteiger partial charge in [-0.2, -0.15) is 0 Å². The molecule has 1 fully saturated rings. The third-order valence-electron chi connectivity index (χ3n) is 5.12. The van der Waals surface area contributed by atoms with E-state index >= 15 is 0 Å². The molecule has 128 valence electrons. The molecule has 25 heavy (non-hydrogen) atoms. The van der Waals surface area contributed by atoms with Gasteiger partial charge in [0.05, 0.1) is 18.7 Å². The van der Waals surface area contributed by atoms with Crippen molar-refractivity contribution in [2.75, 3.05) is 13.1 Å². The SMILES string of the molecule is O=c1[nH]c2ccc(Br)cc2c(-c2ccccc2)c1C[NH+]1CCCCC1. The van der Waals surface area contributed by atoms with Crippen LogP contribution in [0.1, 0.15) is 24.8 Å². The first-order valence-corrected chi connectivity index (χ1v) is 9.75. The van der Waals surface area contributed by atoms with Gasteiger partial charge in [0.25, 0.3) is 5.56 Å². The fourth-order valence-electron chi connectivity index (χ4n) is 3.89. The van der Waals surface area contributed by atoms with E-state index in [1.165, 1.54) is 24.2 Å². The van der Waals surface area contributed by atoms with Crippen molar-refractivity contribution in [1.29, 1.82) is 0 Å². The lowest BCUT2D eigenvalue weighted by atomic mass is 9.95. The molecule has 3 nitrogen and oxygen atoms in total. The summed E-state index contributed by atoms with van der Waals surface area (Å²) in [5.41, 5.74) is 4.05. The third-order valence-corrected chi connectivity index (χ3v) is 5.62. The van der Waals surface area contributed by atoms with E-state index in [1.54, 1.807) is 0 Å². The summed E-state index contributed by atoms with van der Waals surface area (Å²) in [5.74, 6) is 0. The highest BCUT2D eigenvalue weighted by molar-refractivity contribution is 9.10. The number of H-pyrrole nitrogens is 1. The topological polar surface area (TPSA) is 37.3 Å². The molecule has 4 rings (SSSR count). The van der Waals surface area contributed by atoms with Gasteiger partial charge < -0.3 is 9.88 Å². The molecule has 0 radical (unpaired) electrons. The van der Waals surface area contributed by atoms with Gasteiger partial charge in [0, 0.05) is 20.9 Å². The summed E-state index contributed by atoms with van der Waals surface area (Å²) in [6, 6.07) is 16.4. The number of hydrogen-bond acceptors (Lipinski definition) is 1. The van der Waals surface area contributed by atoms with Crippen molar-refractivity contribution in [3.05, 3.63) is 68.9 Å². The molecule has 1 aliphatic heterocycles. The monoisotopic (exact) mass is 397 g/mol. The number of nitrogens with one attached hydrogen (secondary N) is 2. The number of hydrogen-bond donors (Lipinski definition) is 2. The molecule has 0 spiro atoms.